The molecule has 0 amide bonds. The molecular formula is C12H20N4O. The molecule has 1 aliphatic heterocycles. The van der Waals surface area contributed by atoms with Gasteiger partial charge in [0.1, 0.15) is 0 Å². The predicted octanol–water partition coefficient (Wildman–Crippen LogP) is 0.0229. The molecule has 1 atom stereocenters. The van der Waals surface area contributed by atoms with Gasteiger partial charge in [-0.25, -0.2) is 0 Å². The van der Waals surface area contributed by atoms with Crippen LogP contribution in [-0.4, -0.2) is 52.5 Å². The van der Waals surface area contributed by atoms with E-state index in [1.807, 2.05) is 12.1 Å². The van der Waals surface area contributed by atoms with E-state index in [1.165, 1.54) is 12.8 Å². The fourth-order valence-corrected chi connectivity index (χ4v) is 2.12. The average Bonchev–Trinajstić information content (AvgIpc) is 2.83. The summed E-state index contributed by atoms with van der Waals surface area (Å²) in [5.41, 5.74) is 0.904. The summed E-state index contributed by atoms with van der Waals surface area (Å²) in [7, 11) is 0. The second-order valence-corrected chi connectivity index (χ2v) is 4.51. The lowest BCUT2D eigenvalue weighted by molar-refractivity contribution is 0.123. The molecule has 94 valence electrons. The fourth-order valence-electron chi connectivity index (χ4n) is 2.12. The van der Waals surface area contributed by atoms with Crippen LogP contribution in [0, 0.1) is 0 Å². The normalized spacial score (nSPS) is 18.4. The van der Waals surface area contributed by atoms with Gasteiger partial charge in [0.25, 0.3) is 0 Å². The number of hydrogen-bond donors (Lipinski definition) is 2. The maximum Gasteiger partial charge on any atom is 0.0791 e. The molecule has 2 rings (SSSR count). The topological polar surface area (TPSA) is 61.3 Å². The number of nitrogens with one attached hydrogen (secondary N) is 1. The van der Waals surface area contributed by atoms with Crippen LogP contribution in [0.5, 0.6) is 0 Å². The predicted molar refractivity (Wildman–Crippen MR) is 65.4 cm³/mol. The molecule has 0 bridgehead atoms. The molecule has 1 saturated heterocycles. The van der Waals surface area contributed by atoms with Crippen molar-refractivity contribution in [3.8, 4) is 0 Å². The van der Waals surface area contributed by atoms with Crippen LogP contribution in [0.25, 0.3) is 0 Å². The molecule has 2 N–H and O–H groups in total. The molecule has 2 heterocycles. The van der Waals surface area contributed by atoms with Gasteiger partial charge in [0.2, 0.25) is 0 Å². The van der Waals surface area contributed by atoms with Crippen molar-refractivity contribution in [2.45, 2.75) is 25.5 Å². The van der Waals surface area contributed by atoms with Crippen LogP contribution in [0.2, 0.25) is 0 Å². The molecular weight excluding hydrogens is 216 g/mol. The summed E-state index contributed by atoms with van der Waals surface area (Å²) in [4.78, 5) is 2.31. The number of aromatic nitrogens is 2. The Kier molecular flexibility index (Phi) is 4.85. The van der Waals surface area contributed by atoms with E-state index in [0.29, 0.717) is 13.1 Å². The molecule has 0 aromatic carbocycles. The van der Waals surface area contributed by atoms with E-state index in [4.69, 9.17) is 0 Å². The Hall–Kier alpha value is -1.04. The lowest BCUT2D eigenvalue weighted by atomic mass is 10.3. The molecule has 5 nitrogen and oxygen atoms in total. The van der Waals surface area contributed by atoms with Gasteiger partial charge in [0.05, 0.1) is 11.8 Å². The minimum Gasteiger partial charge on any atom is -0.390 e. The number of likely N-dealkylation sites (tertiary alicyclic amines) is 1. The van der Waals surface area contributed by atoms with E-state index in [9.17, 15) is 5.11 Å². The number of rotatable bonds is 6. The van der Waals surface area contributed by atoms with Crippen molar-refractivity contribution in [3.63, 3.8) is 0 Å². The largest absolute Gasteiger partial charge is 0.390 e. The standard InChI is InChI=1S/C12H20N4O/c17-12(10-16-6-1-2-7-16)9-13-8-11-4-3-5-14-15-11/h3-5,12-13,17H,1-2,6-10H2. The molecule has 1 aromatic heterocycles. The van der Waals surface area contributed by atoms with Gasteiger partial charge in [-0.3, -0.25) is 0 Å². The summed E-state index contributed by atoms with van der Waals surface area (Å²) < 4.78 is 0. The Bertz CT molecular complexity index is 314. The van der Waals surface area contributed by atoms with Crippen molar-refractivity contribution < 1.29 is 5.11 Å². The second kappa shape index (κ2) is 6.64. The average molecular weight is 236 g/mol. The van der Waals surface area contributed by atoms with Crippen LogP contribution in [0.1, 0.15) is 18.5 Å². The number of hydrogen-bond acceptors (Lipinski definition) is 5. The van der Waals surface area contributed by atoms with Crippen molar-refractivity contribution in [1.29, 1.82) is 0 Å². The molecule has 17 heavy (non-hydrogen) atoms. The zero-order valence-electron chi connectivity index (χ0n) is 10.0. The quantitative estimate of drug-likeness (QED) is 0.729. The molecule has 0 saturated carbocycles. The zero-order valence-corrected chi connectivity index (χ0v) is 10.0. The highest BCUT2D eigenvalue weighted by molar-refractivity contribution is 4.98. The maximum absolute atomic E-state index is 9.85. The highest BCUT2D eigenvalue weighted by atomic mass is 16.3. The Labute approximate surface area is 102 Å². The zero-order chi connectivity index (χ0) is 11.9. The first kappa shape index (κ1) is 12.4. The number of aliphatic hydroxyl groups excluding tert-OH is 1. The smallest absolute Gasteiger partial charge is 0.0791 e. The summed E-state index contributed by atoms with van der Waals surface area (Å²) in [6.07, 6.45) is 3.88. The summed E-state index contributed by atoms with van der Waals surface area (Å²) in [5, 5.41) is 20.8. The van der Waals surface area contributed by atoms with Gasteiger partial charge in [0.15, 0.2) is 0 Å². The van der Waals surface area contributed by atoms with Crippen LogP contribution in [0.3, 0.4) is 0 Å². The van der Waals surface area contributed by atoms with Gasteiger partial charge in [-0.2, -0.15) is 10.2 Å². The first-order valence-corrected chi connectivity index (χ1v) is 6.22. The minimum atomic E-state index is -0.301. The molecule has 0 spiro atoms. The summed E-state index contributed by atoms with van der Waals surface area (Å²) >= 11 is 0. The maximum atomic E-state index is 9.85. The third-order valence-corrected chi connectivity index (χ3v) is 2.98. The van der Waals surface area contributed by atoms with Gasteiger partial charge >= 0.3 is 0 Å². The van der Waals surface area contributed by atoms with Crippen LogP contribution >= 0.6 is 0 Å². The van der Waals surface area contributed by atoms with Crippen molar-refractivity contribution in [3.05, 3.63) is 24.0 Å². The van der Waals surface area contributed by atoms with Gasteiger partial charge in [-0.15, -0.1) is 0 Å². The highest BCUT2D eigenvalue weighted by Crippen LogP contribution is 2.07. The molecule has 1 aliphatic rings. The summed E-state index contributed by atoms with van der Waals surface area (Å²) in [6.45, 7) is 4.29. The third kappa shape index (κ3) is 4.38. The van der Waals surface area contributed by atoms with Crippen LogP contribution in [0.4, 0.5) is 0 Å². The van der Waals surface area contributed by atoms with E-state index in [0.717, 1.165) is 25.3 Å². The second-order valence-electron chi connectivity index (χ2n) is 4.51. The molecule has 0 radical (unpaired) electrons. The minimum absolute atomic E-state index is 0.301. The Morgan fingerprint density at radius 3 is 2.94 bits per heavy atom. The number of β-amino-alcohol motifs (C(OH)–C–C–N with tert-alkyl or cyclic N) is 1. The first-order chi connectivity index (χ1) is 8.34. The van der Waals surface area contributed by atoms with Crippen LogP contribution < -0.4 is 5.32 Å². The Morgan fingerprint density at radius 1 is 1.41 bits per heavy atom. The monoisotopic (exact) mass is 236 g/mol. The van der Waals surface area contributed by atoms with E-state index < -0.39 is 0 Å². The Morgan fingerprint density at radius 2 is 2.24 bits per heavy atom. The van der Waals surface area contributed by atoms with Crippen molar-refractivity contribution in [2.24, 2.45) is 0 Å². The van der Waals surface area contributed by atoms with Crippen LogP contribution in [0.15, 0.2) is 18.3 Å². The molecule has 1 unspecified atom stereocenters. The fraction of sp³-hybridized carbons (Fsp3) is 0.667. The van der Waals surface area contributed by atoms with Crippen molar-refractivity contribution in [2.75, 3.05) is 26.2 Å². The van der Waals surface area contributed by atoms with E-state index in [-0.39, 0.29) is 6.10 Å². The van der Waals surface area contributed by atoms with E-state index in [2.05, 4.69) is 20.4 Å². The van der Waals surface area contributed by atoms with E-state index in [1.54, 1.807) is 6.20 Å². The number of aliphatic hydroxyl groups is 1. The molecule has 1 aromatic rings. The lowest BCUT2D eigenvalue weighted by Crippen LogP contribution is -2.36. The number of nitrogens with zero attached hydrogens (tertiary/aromatic N) is 3. The van der Waals surface area contributed by atoms with Crippen molar-refractivity contribution >= 4 is 0 Å². The summed E-state index contributed by atoms with van der Waals surface area (Å²) in [6, 6.07) is 3.79. The van der Waals surface area contributed by atoms with E-state index >= 15 is 0 Å². The van der Waals surface area contributed by atoms with Crippen molar-refractivity contribution in [1.82, 2.24) is 20.4 Å². The SMILES string of the molecule is OC(CNCc1cccnn1)CN1CCCC1. The lowest BCUT2D eigenvalue weighted by Gasteiger charge is -2.19. The van der Waals surface area contributed by atoms with Gasteiger partial charge < -0.3 is 15.3 Å². The highest BCUT2D eigenvalue weighted by Gasteiger charge is 2.15. The Balaban J connectivity index is 1.61. The third-order valence-electron chi connectivity index (χ3n) is 2.98. The van der Waals surface area contributed by atoms with Gasteiger partial charge in [-0.1, -0.05) is 0 Å². The van der Waals surface area contributed by atoms with Gasteiger partial charge in [0, 0.05) is 25.8 Å². The molecule has 1 fully saturated rings. The molecule has 0 aliphatic carbocycles. The van der Waals surface area contributed by atoms with Crippen LogP contribution in [-0.2, 0) is 6.54 Å². The molecule has 5 heteroatoms. The van der Waals surface area contributed by atoms with Gasteiger partial charge in [-0.05, 0) is 38.1 Å². The summed E-state index contributed by atoms with van der Waals surface area (Å²) in [5.74, 6) is 0. The first-order valence-electron chi connectivity index (χ1n) is 6.22.